The minimum Gasteiger partial charge on any atom is -0.207 e. The second kappa shape index (κ2) is 9.83. The number of unbranched alkanes of at least 4 members (excludes halogenated alkanes) is 2. The highest BCUT2D eigenvalue weighted by Gasteiger charge is 2.58. The number of nitriles is 1. The maximum atomic E-state index is 13.4. The van der Waals surface area contributed by atoms with Gasteiger partial charge in [-0.15, -0.1) is 0 Å². The van der Waals surface area contributed by atoms with Crippen LogP contribution in [-0.2, 0) is 10.0 Å². The molecule has 2 bridgehead atoms. The molecule has 2 aromatic rings. The van der Waals surface area contributed by atoms with Gasteiger partial charge >= 0.3 is 0 Å². The number of sulfonamides is 1. The predicted molar refractivity (Wildman–Crippen MR) is 133 cm³/mol. The van der Waals surface area contributed by atoms with E-state index in [0.29, 0.717) is 29.1 Å². The van der Waals surface area contributed by atoms with Crippen molar-refractivity contribution >= 4 is 10.0 Å². The highest BCUT2D eigenvalue weighted by atomic mass is 32.2. The minimum atomic E-state index is -3.60. The molecule has 0 radical (unpaired) electrons. The van der Waals surface area contributed by atoms with Crippen molar-refractivity contribution in [1.82, 2.24) is 4.72 Å². The molecule has 3 fully saturated rings. The zero-order valence-corrected chi connectivity index (χ0v) is 20.4. The standard InChI is InChI=1S/C28H34N2O2S/c1-28(2)24-19-23(13-7-4-3-5-10-18-29)27(26(28)20-24)30-33(31,32)25-16-14-22(15-17-25)21-11-8-6-9-12-21/h4,6-9,11-12,14-17,23-24,26-27,30H,3,5,10,13,19-20H2,1-2H3/b7-4-/t23-,24-,26-,27+/m0/s1. The molecule has 4 nitrogen and oxygen atoms in total. The third-order valence-electron chi connectivity index (χ3n) is 7.90. The van der Waals surface area contributed by atoms with Crippen molar-refractivity contribution in [2.24, 2.45) is 23.2 Å². The van der Waals surface area contributed by atoms with Gasteiger partial charge in [-0.25, -0.2) is 13.1 Å². The topological polar surface area (TPSA) is 70.0 Å². The van der Waals surface area contributed by atoms with Gasteiger partial charge in [-0.3, -0.25) is 0 Å². The molecule has 0 aromatic heterocycles. The number of hydrogen-bond donors (Lipinski definition) is 1. The highest BCUT2D eigenvalue weighted by Crippen LogP contribution is 2.61. The van der Waals surface area contributed by atoms with Crippen molar-refractivity contribution < 1.29 is 8.42 Å². The van der Waals surface area contributed by atoms with Crippen LogP contribution in [0, 0.1) is 34.5 Å². The molecule has 3 saturated carbocycles. The lowest BCUT2D eigenvalue weighted by atomic mass is 9.45. The molecule has 2 aromatic carbocycles. The summed E-state index contributed by atoms with van der Waals surface area (Å²) in [5, 5.41) is 8.68. The Labute approximate surface area is 198 Å². The molecular formula is C28H34N2O2S. The average molecular weight is 463 g/mol. The second-order valence-corrected chi connectivity index (χ2v) is 11.9. The molecule has 0 saturated heterocycles. The van der Waals surface area contributed by atoms with Crippen molar-refractivity contribution in [2.45, 2.75) is 63.3 Å². The van der Waals surface area contributed by atoms with Crippen LogP contribution in [0.5, 0.6) is 0 Å². The Morgan fingerprint density at radius 2 is 1.73 bits per heavy atom. The summed E-state index contributed by atoms with van der Waals surface area (Å²) in [4.78, 5) is 0.326. The minimum absolute atomic E-state index is 0.0486. The summed E-state index contributed by atoms with van der Waals surface area (Å²) >= 11 is 0. The number of allylic oxidation sites excluding steroid dienone is 2. The van der Waals surface area contributed by atoms with Gasteiger partial charge in [0.05, 0.1) is 11.0 Å². The summed E-state index contributed by atoms with van der Waals surface area (Å²) in [6.07, 6.45) is 9.76. The van der Waals surface area contributed by atoms with Crippen LogP contribution >= 0.6 is 0 Å². The van der Waals surface area contributed by atoms with Crippen molar-refractivity contribution in [3.8, 4) is 17.2 Å². The van der Waals surface area contributed by atoms with Gasteiger partial charge in [0.25, 0.3) is 0 Å². The van der Waals surface area contributed by atoms with E-state index in [1.54, 1.807) is 12.1 Å². The van der Waals surface area contributed by atoms with Gasteiger partial charge in [0.1, 0.15) is 0 Å². The first kappa shape index (κ1) is 23.7. The van der Waals surface area contributed by atoms with Gasteiger partial charge in [0.15, 0.2) is 0 Å². The molecule has 174 valence electrons. The summed E-state index contributed by atoms with van der Waals surface area (Å²) in [6, 6.07) is 19.3. The van der Waals surface area contributed by atoms with E-state index in [4.69, 9.17) is 5.26 Å². The summed E-state index contributed by atoms with van der Waals surface area (Å²) < 4.78 is 29.8. The molecule has 3 aliphatic carbocycles. The van der Waals surface area contributed by atoms with Gasteiger partial charge in [-0.05, 0) is 78.5 Å². The molecule has 4 atom stereocenters. The van der Waals surface area contributed by atoms with Crippen molar-refractivity contribution in [3.05, 3.63) is 66.7 Å². The lowest BCUT2D eigenvalue weighted by molar-refractivity contribution is -0.108. The van der Waals surface area contributed by atoms with Gasteiger partial charge in [0, 0.05) is 12.5 Å². The zero-order chi connectivity index (χ0) is 23.5. The van der Waals surface area contributed by atoms with Crippen LogP contribution in [0.1, 0.15) is 52.4 Å². The van der Waals surface area contributed by atoms with Crippen LogP contribution in [0.15, 0.2) is 71.6 Å². The van der Waals surface area contributed by atoms with E-state index in [9.17, 15) is 8.42 Å². The Bertz CT molecular complexity index is 1110. The van der Waals surface area contributed by atoms with E-state index in [1.807, 2.05) is 42.5 Å². The Hall–Kier alpha value is -2.42. The lowest BCUT2D eigenvalue weighted by Crippen LogP contribution is -2.63. The molecule has 1 N–H and O–H groups in total. The molecule has 5 heteroatoms. The number of rotatable bonds is 9. The summed E-state index contributed by atoms with van der Waals surface area (Å²) in [5.41, 5.74) is 2.26. The van der Waals surface area contributed by atoms with E-state index >= 15 is 0 Å². The van der Waals surface area contributed by atoms with E-state index in [2.05, 4.69) is 36.8 Å². The Kier molecular flexibility index (Phi) is 7.07. The number of benzene rings is 2. The first-order chi connectivity index (χ1) is 15.8. The quantitative estimate of drug-likeness (QED) is 0.350. The second-order valence-electron chi connectivity index (χ2n) is 10.2. The van der Waals surface area contributed by atoms with E-state index < -0.39 is 10.0 Å². The molecular weight excluding hydrogens is 428 g/mol. The van der Waals surface area contributed by atoms with Crippen molar-refractivity contribution in [2.75, 3.05) is 0 Å². The maximum Gasteiger partial charge on any atom is 0.240 e. The first-order valence-corrected chi connectivity index (χ1v) is 13.5. The molecule has 0 aliphatic heterocycles. The third-order valence-corrected chi connectivity index (χ3v) is 9.38. The van der Waals surface area contributed by atoms with Gasteiger partial charge in [0.2, 0.25) is 10.0 Å². The monoisotopic (exact) mass is 462 g/mol. The molecule has 0 spiro atoms. The zero-order valence-electron chi connectivity index (χ0n) is 19.6. The number of nitrogens with zero attached hydrogens (tertiary/aromatic N) is 1. The fraction of sp³-hybridized carbons (Fsp3) is 0.464. The molecule has 0 amide bonds. The number of hydrogen-bond acceptors (Lipinski definition) is 3. The van der Waals surface area contributed by atoms with Crippen molar-refractivity contribution in [1.29, 1.82) is 5.26 Å². The smallest absolute Gasteiger partial charge is 0.207 e. The SMILES string of the molecule is CC1(C)[C@H]2C[C@H](C/C=C\CCCC#N)[C@@H](NS(=O)(=O)c3ccc(-c4ccccc4)cc3)[C@@H]1C2. The Morgan fingerprint density at radius 3 is 2.39 bits per heavy atom. The molecule has 0 unspecified atom stereocenters. The van der Waals surface area contributed by atoms with Crippen molar-refractivity contribution in [3.63, 3.8) is 0 Å². The molecule has 0 heterocycles. The third kappa shape index (κ3) is 5.08. The van der Waals surface area contributed by atoms with E-state index in [1.165, 1.54) is 0 Å². The van der Waals surface area contributed by atoms with E-state index in [-0.39, 0.29) is 11.5 Å². The first-order valence-electron chi connectivity index (χ1n) is 12.0. The molecule has 3 aliphatic rings. The summed E-state index contributed by atoms with van der Waals surface area (Å²) in [7, 11) is -3.60. The fourth-order valence-electron chi connectivity index (χ4n) is 5.72. The van der Waals surface area contributed by atoms with Crippen LogP contribution in [0.4, 0.5) is 0 Å². The van der Waals surface area contributed by atoms with Crippen LogP contribution in [0.25, 0.3) is 11.1 Å². The summed E-state index contributed by atoms with van der Waals surface area (Å²) in [5.74, 6) is 1.35. The van der Waals surface area contributed by atoms with Crippen LogP contribution in [0.3, 0.4) is 0 Å². The average Bonchev–Trinajstić information content (AvgIpc) is 2.82. The number of nitrogens with one attached hydrogen (secondary N) is 1. The molecule has 33 heavy (non-hydrogen) atoms. The van der Waals surface area contributed by atoms with Gasteiger partial charge < -0.3 is 0 Å². The maximum absolute atomic E-state index is 13.4. The largest absolute Gasteiger partial charge is 0.240 e. The Morgan fingerprint density at radius 1 is 1.03 bits per heavy atom. The van der Waals surface area contributed by atoms with Crippen LogP contribution in [0.2, 0.25) is 0 Å². The summed E-state index contributed by atoms with van der Waals surface area (Å²) in [6.45, 7) is 4.57. The fourth-order valence-corrected chi connectivity index (χ4v) is 7.07. The lowest BCUT2D eigenvalue weighted by Gasteiger charge is -2.62. The highest BCUT2D eigenvalue weighted by molar-refractivity contribution is 7.89. The van der Waals surface area contributed by atoms with Gasteiger partial charge in [-0.2, -0.15) is 5.26 Å². The van der Waals surface area contributed by atoms with Gasteiger partial charge in [-0.1, -0.05) is 68.5 Å². The van der Waals surface area contributed by atoms with E-state index in [0.717, 1.165) is 43.2 Å². The van der Waals surface area contributed by atoms with Crippen LogP contribution in [-0.4, -0.2) is 14.5 Å². The molecule has 5 rings (SSSR count). The van der Waals surface area contributed by atoms with Crippen LogP contribution < -0.4 is 4.72 Å². The number of fused-ring (bicyclic) bond motifs is 2. The normalized spacial score (nSPS) is 26.0. The Balaban J connectivity index is 1.48. The predicted octanol–water partition coefficient (Wildman–Crippen LogP) is 6.32.